The van der Waals surface area contributed by atoms with Crippen molar-refractivity contribution in [3.05, 3.63) is 235 Å². The molecule has 0 atom stereocenters. The fourth-order valence-electron chi connectivity index (χ4n) is 10.6. The van der Waals surface area contributed by atoms with Gasteiger partial charge in [0.1, 0.15) is 5.82 Å². The summed E-state index contributed by atoms with van der Waals surface area (Å²) in [6.45, 7) is 19.0. The van der Waals surface area contributed by atoms with E-state index in [-0.39, 0.29) is 87.6 Å². The molecule has 0 saturated carbocycles. The van der Waals surface area contributed by atoms with Gasteiger partial charge in [-0.3, -0.25) is 4.57 Å². The van der Waals surface area contributed by atoms with Gasteiger partial charge in [0, 0.05) is 44.3 Å². The number of rotatable bonds is 6. The molecule has 0 saturated heterocycles. The van der Waals surface area contributed by atoms with Gasteiger partial charge in [-0.1, -0.05) is 201 Å². The molecule has 0 radical (unpaired) electrons. The summed E-state index contributed by atoms with van der Waals surface area (Å²) in [6, 6.07) is 36.1. The summed E-state index contributed by atoms with van der Waals surface area (Å²) in [5.74, 6) is 1.32. The predicted octanol–water partition coefficient (Wildman–Crippen LogP) is 18.1. The van der Waals surface area contributed by atoms with Crippen LogP contribution in [0.3, 0.4) is 0 Å². The number of nitrogens with zero attached hydrogens (tertiary/aromatic N) is 4. The van der Waals surface area contributed by atoms with Gasteiger partial charge in [0.05, 0.1) is 34.5 Å². The summed E-state index contributed by atoms with van der Waals surface area (Å²) in [4.78, 5) is 4.85. The van der Waals surface area contributed by atoms with Crippen LogP contribution in [0.5, 0.6) is 11.5 Å². The first-order valence-corrected chi connectivity index (χ1v) is 25.7. The molecular weight excluding hydrogens is 1130 g/mol. The van der Waals surface area contributed by atoms with E-state index in [4.69, 9.17) is 13.8 Å². The molecule has 0 bridgehead atoms. The van der Waals surface area contributed by atoms with Crippen molar-refractivity contribution >= 4 is 32.8 Å². The molecule has 9 aromatic carbocycles. The largest absolute Gasteiger partial charge is 0.510 e. The molecule has 1 aliphatic heterocycles. The van der Waals surface area contributed by atoms with Gasteiger partial charge >= 0.3 is 0 Å². The van der Waals surface area contributed by atoms with Crippen LogP contribution in [0.4, 0.5) is 0 Å². The number of pyridine rings is 1. The van der Waals surface area contributed by atoms with Crippen molar-refractivity contribution in [3.63, 3.8) is 0 Å². The molecule has 78 heavy (non-hydrogen) atoms. The zero-order valence-electron chi connectivity index (χ0n) is 57.6. The third kappa shape index (κ3) is 8.79. The standard InChI is InChI=1S/C72H60N4O.Pt/c1-70(2,3)49-32-30-47(31-33-49)60-44-65-61(43-63(60)72(7,8)9)56-26-15-13-24-54(56)55-25-14-16-27-57(55)62-38-48(46-20-11-10-12-21-46)39-67-69(62)75(65)45-74(67)51-22-19-23-52(41-51)77-53-34-35-59-58-28-17-18-29-64(58)76(66(59)42-53)68-40-50(36-37-73-68)71(4,5)6;/h10-40,43-44H,1-9H3;/q-2;/i10D,11D,12D,13D,14D,15D,16D,20D,21D,24D,25D,26D,27D;. The van der Waals surface area contributed by atoms with Crippen molar-refractivity contribution in [1.82, 2.24) is 14.1 Å². The average molecular weight is 1210 g/mol. The van der Waals surface area contributed by atoms with Crippen LogP contribution < -0.4 is 9.30 Å². The first-order chi connectivity index (χ1) is 42.5. The van der Waals surface area contributed by atoms with Crippen molar-refractivity contribution in [1.29, 1.82) is 0 Å². The van der Waals surface area contributed by atoms with Crippen LogP contribution in [0, 0.1) is 18.5 Å². The fraction of sp³-hybridized carbons (Fsp3) is 0.167. The minimum absolute atomic E-state index is 0. The summed E-state index contributed by atoms with van der Waals surface area (Å²) in [6.07, 6.45) is 5.42. The first kappa shape index (κ1) is 37.6. The van der Waals surface area contributed by atoms with Crippen LogP contribution in [0.1, 0.15) is 96.8 Å². The van der Waals surface area contributed by atoms with E-state index in [0.29, 0.717) is 28.5 Å². The summed E-state index contributed by atoms with van der Waals surface area (Å²) < 4.78 is 134. The molecule has 1 aliphatic rings. The monoisotopic (exact) mass is 1200 g/mol. The second-order valence-corrected chi connectivity index (χ2v) is 22.7. The van der Waals surface area contributed by atoms with E-state index in [0.717, 1.165) is 49.6 Å². The topological polar surface area (TPSA) is 35.9 Å². The maximum atomic E-state index is 9.94. The minimum Gasteiger partial charge on any atom is -0.510 e. The van der Waals surface area contributed by atoms with E-state index in [1.165, 1.54) is 6.07 Å². The molecule has 0 unspecified atom stereocenters. The first-order valence-electron chi connectivity index (χ1n) is 32.2. The van der Waals surface area contributed by atoms with Crippen LogP contribution in [-0.2, 0) is 37.3 Å². The number of benzene rings is 9. The molecule has 0 aliphatic carbocycles. The van der Waals surface area contributed by atoms with Crippen molar-refractivity contribution in [2.24, 2.45) is 0 Å². The predicted molar refractivity (Wildman–Crippen MR) is 317 cm³/mol. The van der Waals surface area contributed by atoms with E-state index in [2.05, 4.69) is 122 Å². The number of fused-ring (bicyclic) bond motifs is 10. The van der Waals surface area contributed by atoms with Crippen LogP contribution in [0.2, 0.25) is 0 Å². The molecule has 0 amide bonds. The Morgan fingerprint density at radius 2 is 1.15 bits per heavy atom. The maximum Gasteiger partial charge on any atom is 0.268 e. The second kappa shape index (κ2) is 19.1. The summed E-state index contributed by atoms with van der Waals surface area (Å²) >= 11 is 0. The number of hydrogen-bond acceptors (Lipinski definition) is 2. The average Bonchev–Trinajstić information content (AvgIpc) is 1.62. The Morgan fingerprint density at radius 3 is 1.85 bits per heavy atom. The van der Waals surface area contributed by atoms with Crippen molar-refractivity contribution in [2.45, 2.75) is 78.6 Å². The number of para-hydroxylation sites is 1. The Morgan fingerprint density at radius 1 is 0.500 bits per heavy atom. The Hall–Kier alpha value is -8.11. The fourth-order valence-corrected chi connectivity index (χ4v) is 10.6. The molecule has 0 N–H and O–H groups in total. The Kier molecular flexibility index (Phi) is 9.22. The number of ether oxygens (including phenoxy) is 1. The van der Waals surface area contributed by atoms with E-state index < -0.39 is 84.0 Å². The molecule has 5 nitrogen and oxygen atoms in total. The van der Waals surface area contributed by atoms with Gasteiger partial charge in [0.15, 0.2) is 0 Å². The van der Waals surface area contributed by atoms with Crippen LogP contribution in [0.15, 0.2) is 200 Å². The Bertz CT molecular complexity index is 5060. The summed E-state index contributed by atoms with van der Waals surface area (Å²) in [5.41, 5.74) is 6.13. The minimum atomic E-state index is -0.660. The van der Waals surface area contributed by atoms with E-state index >= 15 is 0 Å². The van der Waals surface area contributed by atoms with Gasteiger partial charge in [0.2, 0.25) is 0 Å². The van der Waals surface area contributed by atoms with Gasteiger partial charge < -0.3 is 13.9 Å². The molecule has 4 heterocycles. The van der Waals surface area contributed by atoms with Gasteiger partial charge in [-0.2, -0.15) is 18.2 Å². The van der Waals surface area contributed by atoms with Crippen LogP contribution in [0.25, 0.3) is 106 Å². The molecule has 0 fully saturated rings. The molecule has 0 spiro atoms. The third-order valence-corrected chi connectivity index (χ3v) is 14.6. The zero-order chi connectivity index (χ0) is 64.3. The third-order valence-electron chi connectivity index (χ3n) is 14.6. The van der Waals surface area contributed by atoms with Gasteiger partial charge in [-0.25, -0.2) is 4.98 Å². The summed E-state index contributed by atoms with van der Waals surface area (Å²) in [7, 11) is 0. The van der Waals surface area contributed by atoms with Crippen molar-refractivity contribution in [3.8, 4) is 84.3 Å². The van der Waals surface area contributed by atoms with Gasteiger partial charge in [-0.15, -0.1) is 29.7 Å². The summed E-state index contributed by atoms with van der Waals surface area (Å²) in [5, 5.41) is 1.93. The molecule has 3 aromatic heterocycles. The second-order valence-electron chi connectivity index (χ2n) is 22.7. The molecule has 6 heteroatoms. The number of hydrogen-bond donors (Lipinski definition) is 0. The van der Waals surface area contributed by atoms with Crippen molar-refractivity contribution in [2.75, 3.05) is 0 Å². The van der Waals surface area contributed by atoms with Crippen molar-refractivity contribution < 1.29 is 48.2 Å². The number of imidazole rings is 1. The van der Waals surface area contributed by atoms with Gasteiger partial charge in [0.25, 0.3) is 6.33 Å². The van der Waals surface area contributed by atoms with E-state index in [9.17, 15) is 13.7 Å². The van der Waals surface area contributed by atoms with Crippen LogP contribution >= 0.6 is 0 Å². The Labute approximate surface area is 491 Å². The van der Waals surface area contributed by atoms with E-state index in [1.54, 1.807) is 33.4 Å². The number of aromatic nitrogens is 4. The zero-order valence-corrected chi connectivity index (χ0v) is 46.8. The molecular formula is C72H60N4OPt-2. The van der Waals surface area contributed by atoms with Crippen LogP contribution in [-0.4, -0.2) is 14.1 Å². The van der Waals surface area contributed by atoms with Gasteiger partial charge in [-0.05, 0) is 130 Å². The normalized spacial score (nSPS) is 14.7. The molecule has 12 aromatic rings. The quantitative estimate of drug-likeness (QED) is 0.123. The Balaban J connectivity index is 0.00000800. The molecule has 386 valence electrons. The SMILES string of the molecule is [2H]c1c([2H])c([2H])c(-c2cc3c4c(c2)n(-c2[c-]c(Oc5[c-]c6c(cc5)c5ccccc5n6-c5cc(C(C)(C)C)ccn5)ccc2)[c-][n+]4-c2cc(-c4ccc(C(C)(C)C)cc4)c(C(C)(C)C)cc2-c2c([2H])c([2H])c([2H])c([2H])c2-c2c([2H])c([2H])c([2H])c([2H])c2-3)c([2H])c1[2H].[Pt]. The van der Waals surface area contributed by atoms with E-state index in [1.807, 2.05) is 54.7 Å². The smallest absolute Gasteiger partial charge is 0.268 e. The molecule has 13 rings (SSSR count). The maximum absolute atomic E-state index is 9.94.